The smallest absolute Gasteiger partial charge is 0.224 e. The number of nitrogens with zero attached hydrogens (tertiary/aromatic N) is 1. The highest BCUT2D eigenvalue weighted by Gasteiger charge is 2.26. The molecule has 2 saturated heterocycles. The van der Waals surface area contributed by atoms with Gasteiger partial charge in [0.1, 0.15) is 0 Å². The van der Waals surface area contributed by atoms with Gasteiger partial charge in [-0.05, 0) is 24.9 Å². The van der Waals surface area contributed by atoms with Crippen molar-refractivity contribution in [2.24, 2.45) is 11.8 Å². The average Bonchev–Trinajstić information content (AvgIpc) is 2.47. The third kappa shape index (κ3) is 4.05. The van der Waals surface area contributed by atoms with Crippen LogP contribution in [0.15, 0.2) is 30.3 Å². The van der Waals surface area contributed by atoms with E-state index in [2.05, 4.69) is 39.8 Å². The summed E-state index contributed by atoms with van der Waals surface area (Å²) in [7, 11) is 0. The molecule has 1 amide bonds. The molecule has 0 aromatic heterocycles. The van der Waals surface area contributed by atoms with E-state index in [9.17, 15) is 4.79 Å². The maximum absolute atomic E-state index is 12.3. The molecule has 2 heterocycles. The van der Waals surface area contributed by atoms with Crippen molar-refractivity contribution in [3.63, 3.8) is 0 Å². The Morgan fingerprint density at radius 2 is 2.10 bits per heavy atom. The Kier molecular flexibility index (Phi) is 4.88. The summed E-state index contributed by atoms with van der Waals surface area (Å²) in [4.78, 5) is 14.7. The predicted octanol–water partition coefficient (Wildman–Crippen LogP) is 1.23. The van der Waals surface area contributed by atoms with Gasteiger partial charge < -0.3 is 10.6 Å². The second-order valence-electron chi connectivity index (χ2n) is 6.33. The standard InChI is InChI=1S/C17H25N3O/c21-17(19-11-15-9-18-10-15)16-7-4-8-20(13-16)12-14-5-2-1-3-6-14/h1-3,5-6,15-16,18H,4,7-13H2,(H,19,21). The van der Waals surface area contributed by atoms with Crippen LogP contribution in [-0.2, 0) is 11.3 Å². The molecule has 3 rings (SSSR count). The van der Waals surface area contributed by atoms with Crippen LogP contribution in [0.25, 0.3) is 0 Å². The number of likely N-dealkylation sites (tertiary alicyclic amines) is 1. The highest BCUT2D eigenvalue weighted by Crippen LogP contribution is 2.19. The van der Waals surface area contributed by atoms with Crippen LogP contribution in [0, 0.1) is 11.8 Å². The molecule has 2 fully saturated rings. The maximum Gasteiger partial charge on any atom is 0.224 e. The molecule has 0 radical (unpaired) electrons. The first-order chi connectivity index (χ1) is 10.3. The van der Waals surface area contributed by atoms with Gasteiger partial charge in [-0.3, -0.25) is 9.69 Å². The van der Waals surface area contributed by atoms with E-state index >= 15 is 0 Å². The summed E-state index contributed by atoms with van der Waals surface area (Å²) in [5.41, 5.74) is 1.33. The zero-order valence-corrected chi connectivity index (χ0v) is 12.6. The van der Waals surface area contributed by atoms with Gasteiger partial charge in [-0.25, -0.2) is 0 Å². The topological polar surface area (TPSA) is 44.4 Å². The lowest BCUT2D eigenvalue weighted by Gasteiger charge is -2.33. The third-order valence-electron chi connectivity index (χ3n) is 4.56. The van der Waals surface area contributed by atoms with Crippen LogP contribution in [0.1, 0.15) is 18.4 Å². The summed E-state index contributed by atoms with van der Waals surface area (Å²) in [6.45, 7) is 5.88. The second kappa shape index (κ2) is 7.05. The fourth-order valence-electron chi connectivity index (χ4n) is 3.14. The van der Waals surface area contributed by atoms with Gasteiger partial charge >= 0.3 is 0 Å². The predicted molar refractivity (Wildman–Crippen MR) is 83.8 cm³/mol. The molecule has 4 heteroatoms. The van der Waals surface area contributed by atoms with Crippen molar-refractivity contribution in [1.82, 2.24) is 15.5 Å². The molecule has 2 aliphatic heterocycles. The molecule has 1 unspecified atom stereocenters. The number of carbonyl (C=O) groups is 1. The highest BCUT2D eigenvalue weighted by atomic mass is 16.1. The Balaban J connectivity index is 1.46. The van der Waals surface area contributed by atoms with Crippen LogP contribution in [0.3, 0.4) is 0 Å². The highest BCUT2D eigenvalue weighted by molar-refractivity contribution is 5.79. The van der Waals surface area contributed by atoms with E-state index in [4.69, 9.17) is 0 Å². The monoisotopic (exact) mass is 287 g/mol. The van der Waals surface area contributed by atoms with Gasteiger partial charge in [0.25, 0.3) is 0 Å². The van der Waals surface area contributed by atoms with Crippen LogP contribution in [0.5, 0.6) is 0 Å². The van der Waals surface area contributed by atoms with Crippen LogP contribution < -0.4 is 10.6 Å². The molecule has 2 aliphatic rings. The normalized spacial score (nSPS) is 23.5. The fraction of sp³-hybridized carbons (Fsp3) is 0.588. The Labute approximate surface area is 126 Å². The SMILES string of the molecule is O=C(NCC1CNC1)C1CCCN(Cc2ccccc2)C1. The largest absolute Gasteiger partial charge is 0.355 e. The first-order valence-electron chi connectivity index (χ1n) is 8.06. The van der Waals surface area contributed by atoms with E-state index in [-0.39, 0.29) is 11.8 Å². The van der Waals surface area contributed by atoms with Gasteiger partial charge in [0.15, 0.2) is 0 Å². The molecule has 1 atom stereocenters. The van der Waals surface area contributed by atoms with Crippen molar-refractivity contribution >= 4 is 5.91 Å². The molecule has 2 N–H and O–H groups in total. The number of piperidine rings is 1. The van der Waals surface area contributed by atoms with E-state index < -0.39 is 0 Å². The first-order valence-corrected chi connectivity index (χ1v) is 8.06. The van der Waals surface area contributed by atoms with Crippen molar-refractivity contribution in [2.75, 3.05) is 32.7 Å². The number of rotatable bonds is 5. The minimum atomic E-state index is 0.162. The van der Waals surface area contributed by atoms with Gasteiger partial charge in [0.2, 0.25) is 5.91 Å². The number of nitrogens with one attached hydrogen (secondary N) is 2. The molecule has 0 saturated carbocycles. The molecule has 21 heavy (non-hydrogen) atoms. The van der Waals surface area contributed by atoms with Crippen molar-refractivity contribution in [3.8, 4) is 0 Å². The lowest BCUT2D eigenvalue weighted by Crippen LogP contribution is -2.50. The summed E-state index contributed by atoms with van der Waals surface area (Å²) >= 11 is 0. The molecule has 114 valence electrons. The zero-order valence-electron chi connectivity index (χ0n) is 12.6. The van der Waals surface area contributed by atoms with Crippen LogP contribution in [-0.4, -0.2) is 43.5 Å². The fourth-order valence-corrected chi connectivity index (χ4v) is 3.14. The van der Waals surface area contributed by atoms with Gasteiger partial charge in [-0.15, -0.1) is 0 Å². The average molecular weight is 287 g/mol. The summed E-state index contributed by atoms with van der Waals surface area (Å²) in [6, 6.07) is 10.5. The van der Waals surface area contributed by atoms with Gasteiger partial charge in [-0.2, -0.15) is 0 Å². The van der Waals surface area contributed by atoms with E-state index in [0.29, 0.717) is 5.92 Å². The molecule has 4 nitrogen and oxygen atoms in total. The molecule has 0 aliphatic carbocycles. The maximum atomic E-state index is 12.3. The summed E-state index contributed by atoms with van der Waals surface area (Å²) < 4.78 is 0. The summed E-state index contributed by atoms with van der Waals surface area (Å²) in [5.74, 6) is 1.05. The van der Waals surface area contributed by atoms with Crippen molar-refractivity contribution < 1.29 is 4.79 Å². The van der Waals surface area contributed by atoms with Gasteiger partial charge in [-0.1, -0.05) is 30.3 Å². The molecule has 0 spiro atoms. The number of benzene rings is 1. The quantitative estimate of drug-likeness (QED) is 0.856. The van der Waals surface area contributed by atoms with Crippen LogP contribution >= 0.6 is 0 Å². The molecule has 1 aromatic carbocycles. The van der Waals surface area contributed by atoms with Crippen molar-refractivity contribution in [3.05, 3.63) is 35.9 Å². The molecular weight excluding hydrogens is 262 g/mol. The van der Waals surface area contributed by atoms with Gasteiger partial charge in [0, 0.05) is 38.6 Å². The van der Waals surface area contributed by atoms with E-state index in [1.54, 1.807) is 0 Å². The number of hydrogen-bond donors (Lipinski definition) is 2. The third-order valence-corrected chi connectivity index (χ3v) is 4.56. The Bertz CT molecular complexity index is 458. The molecule has 1 aromatic rings. The second-order valence-corrected chi connectivity index (χ2v) is 6.33. The molecular formula is C17H25N3O. The Morgan fingerprint density at radius 1 is 1.29 bits per heavy atom. The van der Waals surface area contributed by atoms with E-state index in [0.717, 1.165) is 52.1 Å². The zero-order chi connectivity index (χ0) is 14.5. The van der Waals surface area contributed by atoms with Crippen LogP contribution in [0.2, 0.25) is 0 Å². The Hall–Kier alpha value is -1.39. The summed E-state index contributed by atoms with van der Waals surface area (Å²) in [6.07, 6.45) is 2.15. The summed E-state index contributed by atoms with van der Waals surface area (Å²) in [5, 5.41) is 6.37. The van der Waals surface area contributed by atoms with Crippen molar-refractivity contribution in [1.29, 1.82) is 0 Å². The number of amides is 1. The number of carbonyl (C=O) groups excluding carboxylic acids is 1. The number of hydrogen-bond acceptors (Lipinski definition) is 3. The minimum absolute atomic E-state index is 0.162. The minimum Gasteiger partial charge on any atom is -0.355 e. The lowest BCUT2D eigenvalue weighted by molar-refractivity contribution is -0.127. The van der Waals surface area contributed by atoms with E-state index in [1.165, 1.54) is 5.56 Å². The first kappa shape index (κ1) is 14.5. The van der Waals surface area contributed by atoms with Crippen molar-refractivity contribution in [2.45, 2.75) is 19.4 Å². The van der Waals surface area contributed by atoms with E-state index in [1.807, 2.05) is 6.07 Å². The van der Waals surface area contributed by atoms with Gasteiger partial charge in [0.05, 0.1) is 5.92 Å². The van der Waals surface area contributed by atoms with Crippen LogP contribution in [0.4, 0.5) is 0 Å². The molecule has 0 bridgehead atoms. The Morgan fingerprint density at radius 3 is 2.81 bits per heavy atom. The lowest BCUT2D eigenvalue weighted by atomic mass is 9.96.